The number of nitrogens with zero attached hydrogens (tertiary/aromatic N) is 3. The number of hydrogen-bond donors (Lipinski definition) is 1. The molecule has 2 aromatic rings. The first-order chi connectivity index (χ1) is 9.06. The molecular weight excluding hydrogens is 313 g/mol. The second kappa shape index (κ2) is 6.23. The molecular formula is C10H7Cl2N3O3S. The van der Waals surface area contributed by atoms with Gasteiger partial charge in [0.05, 0.1) is 21.6 Å². The van der Waals surface area contributed by atoms with E-state index >= 15 is 0 Å². The van der Waals surface area contributed by atoms with Crippen molar-refractivity contribution in [2.24, 2.45) is 0 Å². The lowest BCUT2D eigenvalue weighted by Crippen LogP contribution is -1.98. The topological polar surface area (TPSA) is 89.1 Å². The highest BCUT2D eigenvalue weighted by molar-refractivity contribution is 7.99. The molecule has 1 N–H and O–H groups in total. The van der Waals surface area contributed by atoms with E-state index in [1.807, 2.05) is 0 Å². The van der Waals surface area contributed by atoms with Crippen LogP contribution in [0.2, 0.25) is 10.0 Å². The molecule has 0 aliphatic rings. The van der Waals surface area contributed by atoms with E-state index in [-0.39, 0.29) is 11.6 Å². The Morgan fingerprint density at radius 1 is 1.47 bits per heavy atom. The quantitative estimate of drug-likeness (QED) is 0.906. The number of aromatic nitrogens is 3. The Labute approximate surface area is 122 Å². The van der Waals surface area contributed by atoms with Gasteiger partial charge in [0.1, 0.15) is 5.69 Å². The van der Waals surface area contributed by atoms with Gasteiger partial charge in [-0.1, -0.05) is 28.4 Å². The fourth-order valence-electron chi connectivity index (χ4n) is 1.21. The minimum atomic E-state index is -0.896. The molecule has 0 spiro atoms. The van der Waals surface area contributed by atoms with E-state index < -0.39 is 5.97 Å². The van der Waals surface area contributed by atoms with Crippen LogP contribution in [0, 0.1) is 0 Å². The number of aliphatic carboxylic acids is 1. The Kier molecular flexibility index (Phi) is 4.62. The third-order valence-electron chi connectivity index (χ3n) is 1.94. The van der Waals surface area contributed by atoms with Gasteiger partial charge in [-0.25, -0.2) is 4.98 Å². The van der Waals surface area contributed by atoms with E-state index in [1.54, 1.807) is 0 Å². The molecule has 0 amide bonds. The number of carboxylic acid groups (broad SMARTS) is 1. The molecule has 2 heterocycles. The molecule has 0 saturated heterocycles. The third-order valence-corrected chi connectivity index (χ3v) is 3.34. The standard InChI is InChI=1S/C10H7Cl2N3O3S/c11-5-1-6(12)9(13-2-5)10-14-7(18-15-10)3-19-4-8(16)17/h1-2H,3-4H2,(H,16,17). The van der Waals surface area contributed by atoms with Gasteiger partial charge in [0.2, 0.25) is 11.7 Å². The molecule has 2 rings (SSSR count). The molecule has 0 saturated carbocycles. The second-order valence-corrected chi connectivity index (χ2v) is 5.21. The van der Waals surface area contributed by atoms with Crippen LogP contribution in [0.25, 0.3) is 11.5 Å². The van der Waals surface area contributed by atoms with Crippen molar-refractivity contribution in [3.63, 3.8) is 0 Å². The zero-order chi connectivity index (χ0) is 13.8. The van der Waals surface area contributed by atoms with E-state index in [9.17, 15) is 4.79 Å². The van der Waals surface area contributed by atoms with Gasteiger partial charge in [0, 0.05) is 6.20 Å². The van der Waals surface area contributed by atoms with Crippen molar-refractivity contribution < 1.29 is 14.4 Å². The molecule has 6 nitrogen and oxygen atoms in total. The predicted octanol–water partition coefficient (Wildman–Crippen LogP) is 2.76. The predicted molar refractivity (Wildman–Crippen MR) is 71.3 cm³/mol. The Morgan fingerprint density at radius 3 is 2.95 bits per heavy atom. The SMILES string of the molecule is O=C(O)CSCc1nc(-c2ncc(Cl)cc2Cl)no1. The summed E-state index contributed by atoms with van der Waals surface area (Å²) in [5, 5.41) is 13.0. The molecule has 100 valence electrons. The summed E-state index contributed by atoms with van der Waals surface area (Å²) in [7, 11) is 0. The number of pyridine rings is 1. The third kappa shape index (κ3) is 3.82. The number of halogens is 2. The van der Waals surface area contributed by atoms with Crippen molar-refractivity contribution in [3.8, 4) is 11.5 Å². The van der Waals surface area contributed by atoms with E-state index in [0.717, 1.165) is 11.8 Å². The van der Waals surface area contributed by atoms with Crippen LogP contribution in [0.1, 0.15) is 5.89 Å². The summed E-state index contributed by atoms with van der Waals surface area (Å²) in [4.78, 5) is 18.5. The van der Waals surface area contributed by atoms with Crippen molar-refractivity contribution in [3.05, 3.63) is 28.2 Å². The van der Waals surface area contributed by atoms with E-state index in [4.69, 9.17) is 32.8 Å². The van der Waals surface area contributed by atoms with Gasteiger partial charge in [0.15, 0.2) is 0 Å². The van der Waals surface area contributed by atoms with Crippen LogP contribution < -0.4 is 0 Å². The lowest BCUT2D eigenvalue weighted by Gasteiger charge is -1.97. The van der Waals surface area contributed by atoms with Gasteiger partial charge in [0.25, 0.3) is 0 Å². The van der Waals surface area contributed by atoms with Crippen molar-refractivity contribution in [2.75, 3.05) is 5.75 Å². The summed E-state index contributed by atoms with van der Waals surface area (Å²) in [5.74, 6) is -0.0591. The zero-order valence-corrected chi connectivity index (χ0v) is 11.7. The number of hydrogen-bond acceptors (Lipinski definition) is 6. The molecule has 0 atom stereocenters. The smallest absolute Gasteiger partial charge is 0.313 e. The highest BCUT2D eigenvalue weighted by Gasteiger charge is 2.14. The maximum atomic E-state index is 10.4. The Morgan fingerprint density at radius 2 is 2.26 bits per heavy atom. The minimum absolute atomic E-state index is 0.0301. The van der Waals surface area contributed by atoms with Gasteiger partial charge in [-0.3, -0.25) is 4.79 Å². The van der Waals surface area contributed by atoms with Crippen molar-refractivity contribution in [1.82, 2.24) is 15.1 Å². The fraction of sp³-hybridized carbons (Fsp3) is 0.200. The first kappa shape index (κ1) is 14.1. The van der Waals surface area contributed by atoms with E-state index in [2.05, 4.69) is 15.1 Å². The average molecular weight is 320 g/mol. The van der Waals surface area contributed by atoms with Crippen LogP contribution in [0.4, 0.5) is 0 Å². The highest BCUT2D eigenvalue weighted by atomic mass is 35.5. The number of carbonyl (C=O) groups is 1. The maximum Gasteiger partial charge on any atom is 0.313 e. The maximum absolute atomic E-state index is 10.4. The number of thioether (sulfide) groups is 1. The van der Waals surface area contributed by atoms with Crippen LogP contribution in [-0.4, -0.2) is 32.0 Å². The van der Waals surface area contributed by atoms with Gasteiger partial charge in [-0.2, -0.15) is 4.98 Å². The zero-order valence-electron chi connectivity index (χ0n) is 9.34. The number of rotatable bonds is 5. The summed E-state index contributed by atoms with van der Waals surface area (Å²) in [5.41, 5.74) is 0.365. The molecule has 0 aromatic carbocycles. The van der Waals surface area contributed by atoms with Crippen molar-refractivity contribution >= 4 is 40.9 Å². The Hall–Kier alpha value is -1.31. The molecule has 9 heteroatoms. The first-order valence-corrected chi connectivity index (χ1v) is 6.91. The van der Waals surface area contributed by atoms with Gasteiger partial charge < -0.3 is 9.63 Å². The van der Waals surface area contributed by atoms with Crippen LogP contribution >= 0.6 is 35.0 Å². The normalized spacial score (nSPS) is 10.6. The second-order valence-electron chi connectivity index (χ2n) is 3.38. The molecule has 0 bridgehead atoms. The average Bonchev–Trinajstić information content (AvgIpc) is 2.77. The number of carboxylic acids is 1. The lowest BCUT2D eigenvalue weighted by atomic mass is 10.3. The van der Waals surface area contributed by atoms with Crippen molar-refractivity contribution in [2.45, 2.75) is 5.75 Å². The molecule has 0 aliphatic heterocycles. The largest absolute Gasteiger partial charge is 0.481 e. The van der Waals surface area contributed by atoms with Crippen LogP contribution in [0.3, 0.4) is 0 Å². The van der Waals surface area contributed by atoms with Crippen LogP contribution in [-0.2, 0) is 10.5 Å². The molecule has 19 heavy (non-hydrogen) atoms. The van der Waals surface area contributed by atoms with Crippen LogP contribution in [0.15, 0.2) is 16.8 Å². The molecule has 2 aromatic heterocycles. The monoisotopic (exact) mass is 319 g/mol. The fourth-order valence-corrected chi connectivity index (χ4v) is 2.25. The summed E-state index contributed by atoms with van der Waals surface area (Å²) in [6.45, 7) is 0. The summed E-state index contributed by atoms with van der Waals surface area (Å²) < 4.78 is 4.98. The van der Waals surface area contributed by atoms with Gasteiger partial charge in [-0.15, -0.1) is 11.8 Å². The Balaban J connectivity index is 2.10. The summed E-state index contributed by atoms with van der Waals surface area (Å²) >= 11 is 12.9. The van der Waals surface area contributed by atoms with Gasteiger partial charge in [-0.05, 0) is 6.07 Å². The highest BCUT2D eigenvalue weighted by Crippen LogP contribution is 2.26. The molecule has 0 fully saturated rings. The van der Waals surface area contributed by atoms with E-state index in [1.165, 1.54) is 12.3 Å². The first-order valence-electron chi connectivity index (χ1n) is 5.00. The molecule has 0 radical (unpaired) electrons. The van der Waals surface area contributed by atoms with Crippen molar-refractivity contribution in [1.29, 1.82) is 0 Å². The molecule has 0 aliphatic carbocycles. The van der Waals surface area contributed by atoms with E-state index in [0.29, 0.717) is 27.4 Å². The van der Waals surface area contributed by atoms with Gasteiger partial charge >= 0.3 is 5.97 Å². The van der Waals surface area contributed by atoms with Crippen LogP contribution in [0.5, 0.6) is 0 Å². The summed E-state index contributed by atoms with van der Waals surface area (Å²) in [6.07, 6.45) is 1.43. The molecule has 0 unspecified atom stereocenters. The Bertz CT molecular complexity index is 605. The lowest BCUT2D eigenvalue weighted by molar-refractivity contribution is -0.133. The minimum Gasteiger partial charge on any atom is -0.481 e. The summed E-state index contributed by atoms with van der Waals surface area (Å²) in [6, 6.07) is 1.53.